The Morgan fingerprint density at radius 3 is 2.62 bits per heavy atom. The highest BCUT2D eigenvalue weighted by molar-refractivity contribution is 5.38. The van der Waals surface area contributed by atoms with Crippen LogP contribution < -0.4 is 10.1 Å². The fourth-order valence-electron chi connectivity index (χ4n) is 2.24. The number of ether oxygens (including phenoxy) is 2. The Morgan fingerprint density at radius 2 is 1.88 bits per heavy atom. The number of rotatable bonds is 7. The standard InChI is InChI=1S/C17H19N5O2/c1-23-11-14-9-17(20-12-19-14)18-10-13-7-8-22(21-13)15-3-5-16(24-2)6-4-15/h3-9,12H,10-11H2,1-2H3,(H,18,19,20). The molecule has 0 aliphatic rings. The summed E-state index contributed by atoms with van der Waals surface area (Å²) in [6.45, 7) is 1.04. The van der Waals surface area contributed by atoms with Crippen LogP contribution in [0.5, 0.6) is 5.75 Å². The second-order valence-electron chi connectivity index (χ2n) is 5.13. The van der Waals surface area contributed by atoms with Crippen LogP contribution in [0.3, 0.4) is 0 Å². The Kier molecular flexibility index (Phi) is 5.02. The van der Waals surface area contributed by atoms with Gasteiger partial charge in [-0.3, -0.25) is 0 Å². The van der Waals surface area contributed by atoms with Gasteiger partial charge in [-0.05, 0) is 30.3 Å². The maximum atomic E-state index is 5.16. The van der Waals surface area contributed by atoms with E-state index in [-0.39, 0.29) is 0 Å². The molecule has 0 unspecified atom stereocenters. The molecule has 0 radical (unpaired) electrons. The van der Waals surface area contributed by atoms with Crippen molar-refractivity contribution in [3.63, 3.8) is 0 Å². The first-order chi connectivity index (χ1) is 11.8. The van der Waals surface area contributed by atoms with Gasteiger partial charge in [0.15, 0.2) is 0 Å². The SMILES string of the molecule is COCc1cc(NCc2ccn(-c3ccc(OC)cc3)n2)ncn1. The molecule has 1 aromatic carbocycles. The number of hydrogen-bond acceptors (Lipinski definition) is 6. The van der Waals surface area contributed by atoms with Crippen LogP contribution in [0.4, 0.5) is 5.82 Å². The van der Waals surface area contributed by atoms with Crippen molar-refractivity contribution in [3.05, 3.63) is 60.3 Å². The zero-order valence-corrected chi connectivity index (χ0v) is 13.6. The van der Waals surface area contributed by atoms with Crippen LogP contribution in [0.1, 0.15) is 11.4 Å². The van der Waals surface area contributed by atoms with Crippen LogP contribution in [-0.4, -0.2) is 34.0 Å². The highest BCUT2D eigenvalue weighted by Crippen LogP contribution is 2.15. The number of methoxy groups -OCH3 is 2. The molecule has 0 saturated heterocycles. The predicted octanol–water partition coefficient (Wildman–Crippen LogP) is 2.43. The van der Waals surface area contributed by atoms with Gasteiger partial charge in [-0.1, -0.05) is 0 Å². The average molecular weight is 325 g/mol. The summed E-state index contributed by atoms with van der Waals surface area (Å²) in [4.78, 5) is 8.33. The van der Waals surface area contributed by atoms with E-state index in [4.69, 9.17) is 9.47 Å². The Labute approximate surface area is 140 Å². The van der Waals surface area contributed by atoms with Gasteiger partial charge < -0.3 is 14.8 Å². The van der Waals surface area contributed by atoms with Crippen LogP contribution in [-0.2, 0) is 17.9 Å². The van der Waals surface area contributed by atoms with E-state index in [1.54, 1.807) is 14.2 Å². The van der Waals surface area contributed by atoms with Crippen molar-refractivity contribution in [1.29, 1.82) is 0 Å². The molecule has 0 aliphatic heterocycles. The van der Waals surface area contributed by atoms with Crippen LogP contribution in [0.15, 0.2) is 48.9 Å². The molecule has 3 aromatic rings. The lowest BCUT2D eigenvalue weighted by atomic mass is 10.3. The van der Waals surface area contributed by atoms with E-state index in [1.807, 2.05) is 47.3 Å². The fraction of sp³-hybridized carbons (Fsp3) is 0.235. The van der Waals surface area contributed by atoms with Gasteiger partial charge in [0.05, 0.1) is 37.3 Å². The molecule has 0 amide bonds. The summed E-state index contributed by atoms with van der Waals surface area (Å²) in [5, 5.41) is 7.80. The molecule has 3 rings (SSSR count). The van der Waals surface area contributed by atoms with Crippen molar-refractivity contribution >= 4 is 5.82 Å². The van der Waals surface area contributed by atoms with Gasteiger partial charge in [-0.25, -0.2) is 14.6 Å². The van der Waals surface area contributed by atoms with Crippen molar-refractivity contribution in [2.75, 3.05) is 19.5 Å². The minimum atomic E-state index is 0.462. The zero-order valence-electron chi connectivity index (χ0n) is 13.6. The van der Waals surface area contributed by atoms with E-state index < -0.39 is 0 Å². The third kappa shape index (κ3) is 3.88. The number of nitrogens with one attached hydrogen (secondary N) is 1. The summed E-state index contributed by atoms with van der Waals surface area (Å²) >= 11 is 0. The van der Waals surface area contributed by atoms with Crippen LogP contribution in [0.25, 0.3) is 5.69 Å². The van der Waals surface area contributed by atoms with Gasteiger partial charge in [0.2, 0.25) is 0 Å². The Morgan fingerprint density at radius 1 is 1.04 bits per heavy atom. The lowest BCUT2D eigenvalue weighted by Crippen LogP contribution is -2.05. The molecule has 0 atom stereocenters. The minimum Gasteiger partial charge on any atom is -0.497 e. The number of hydrogen-bond donors (Lipinski definition) is 1. The third-order valence-electron chi connectivity index (χ3n) is 3.45. The van der Waals surface area contributed by atoms with Crippen molar-refractivity contribution in [3.8, 4) is 11.4 Å². The molecule has 7 nitrogen and oxygen atoms in total. The van der Waals surface area contributed by atoms with Gasteiger partial charge in [0.25, 0.3) is 0 Å². The molecule has 0 aliphatic carbocycles. The summed E-state index contributed by atoms with van der Waals surface area (Å²) in [6.07, 6.45) is 3.45. The monoisotopic (exact) mass is 325 g/mol. The molecule has 2 aromatic heterocycles. The van der Waals surface area contributed by atoms with Crippen molar-refractivity contribution in [2.45, 2.75) is 13.2 Å². The third-order valence-corrected chi connectivity index (χ3v) is 3.45. The summed E-state index contributed by atoms with van der Waals surface area (Å²) < 4.78 is 12.1. The maximum Gasteiger partial charge on any atom is 0.130 e. The van der Waals surface area contributed by atoms with Gasteiger partial charge in [-0.15, -0.1) is 0 Å². The average Bonchev–Trinajstić information content (AvgIpc) is 3.10. The van der Waals surface area contributed by atoms with E-state index in [9.17, 15) is 0 Å². The molecule has 0 fully saturated rings. The van der Waals surface area contributed by atoms with Gasteiger partial charge in [0.1, 0.15) is 17.9 Å². The molecular formula is C17H19N5O2. The fourth-order valence-corrected chi connectivity index (χ4v) is 2.24. The Bertz CT molecular complexity index is 786. The van der Waals surface area contributed by atoms with Gasteiger partial charge in [-0.2, -0.15) is 5.10 Å². The number of anilines is 1. The van der Waals surface area contributed by atoms with Crippen molar-refractivity contribution < 1.29 is 9.47 Å². The first kappa shape index (κ1) is 15.9. The molecule has 0 bridgehead atoms. The number of aromatic nitrogens is 4. The second kappa shape index (κ2) is 7.56. The molecule has 7 heteroatoms. The van der Waals surface area contributed by atoms with Gasteiger partial charge in [0, 0.05) is 19.4 Å². The smallest absolute Gasteiger partial charge is 0.130 e. The van der Waals surface area contributed by atoms with Crippen LogP contribution >= 0.6 is 0 Å². The van der Waals surface area contributed by atoms with Crippen molar-refractivity contribution in [1.82, 2.24) is 19.7 Å². The van der Waals surface area contributed by atoms with E-state index in [0.717, 1.165) is 28.6 Å². The van der Waals surface area contributed by atoms with E-state index >= 15 is 0 Å². The molecule has 24 heavy (non-hydrogen) atoms. The summed E-state index contributed by atoms with van der Waals surface area (Å²) in [5.41, 5.74) is 2.72. The topological polar surface area (TPSA) is 74.1 Å². The molecule has 1 N–H and O–H groups in total. The maximum absolute atomic E-state index is 5.16. The first-order valence-electron chi connectivity index (χ1n) is 7.51. The molecule has 0 saturated carbocycles. The van der Waals surface area contributed by atoms with E-state index in [2.05, 4.69) is 20.4 Å². The highest BCUT2D eigenvalue weighted by atomic mass is 16.5. The predicted molar refractivity (Wildman–Crippen MR) is 90.2 cm³/mol. The van der Waals surface area contributed by atoms with Gasteiger partial charge >= 0.3 is 0 Å². The lowest BCUT2D eigenvalue weighted by molar-refractivity contribution is 0.181. The van der Waals surface area contributed by atoms with Crippen LogP contribution in [0, 0.1) is 0 Å². The highest BCUT2D eigenvalue weighted by Gasteiger charge is 2.03. The molecule has 0 spiro atoms. The van der Waals surface area contributed by atoms with Crippen LogP contribution in [0.2, 0.25) is 0 Å². The zero-order chi connectivity index (χ0) is 16.8. The second-order valence-corrected chi connectivity index (χ2v) is 5.13. The molecule has 2 heterocycles. The molecular weight excluding hydrogens is 306 g/mol. The summed E-state index contributed by atoms with van der Waals surface area (Å²) in [5.74, 6) is 1.57. The summed E-state index contributed by atoms with van der Waals surface area (Å²) in [7, 11) is 3.29. The van der Waals surface area contributed by atoms with E-state index in [1.165, 1.54) is 6.33 Å². The number of nitrogens with zero attached hydrogens (tertiary/aromatic N) is 4. The quantitative estimate of drug-likeness (QED) is 0.719. The first-order valence-corrected chi connectivity index (χ1v) is 7.51. The minimum absolute atomic E-state index is 0.462. The van der Waals surface area contributed by atoms with E-state index in [0.29, 0.717) is 13.2 Å². The summed E-state index contributed by atoms with van der Waals surface area (Å²) in [6, 6.07) is 11.6. The Balaban J connectivity index is 1.64. The normalized spacial score (nSPS) is 10.6. The molecule has 124 valence electrons. The Hall–Kier alpha value is -2.93. The number of benzene rings is 1. The van der Waals surface area contributed by atoms with Crippen molar-refractivity contribution in [2.24, 2.45) is 0 Å². The lowest BCUT2D eigenvalue weighted by Gasteiger charge is -2.05. The largest absolute Gasteiger partial charge is 0.497 e.